The zero-order valence-corrected chi connectivity index (χ0v) is 18.3. The van der Waals surface area contributed by atoms with Crippen molar-refractivity contribution in [2.45, 2.75) is 43.9 Å². The van der Waals surface area contributed by atoms with E-state index in [9.17, 15) is 13.2 Å². The third-order valence-electron chi connectivity index (χ3n) is 4.90. The number of carbonyl (C=O) groups excluding carboxylic acids is 1. The first-order chi connectivity index (χ1) is 13.7. The minimum atomic E-state index is -3.82. The van der Waals surface area contributed by atoms with E-state index in [2.05, 4.69) is 4.74 Å². The van der Waals surface area contributed by atoms with Crippen LogP contribution in [0.3, 0.4) is 0 Å². The molecule has 0 spiro atoms. The minimum absolute atomic E-state index is 0.213. The smallest absolute Gasteiger partial charge is 0.305 e. The predicted molar refractivity (Wildman–Crippen MR) is 115 cm³/mol. The van der Waals surface area contributed by atoms with Crippen molar-refractivity contribution < 1.29 is 17.9 Å². The average molecular weight is 434 g/mol. The van der Waals surface area contributed by atoms with Crippen LogP contribution in [0.4, 0.5) is 0 Å². The lowest BCUT2D eigenvalue weighted by Crippen LogP contribution is -2.16. The van der Waals surface area contributed by atoms with Crippen molar-refractivity contribution in [1.82, 2.24) is 3.97 Å². The van der Waals surface area contributed by atoms with Crippen LogP contribution in [-0.2, 0) is 26.0 Å². The van der Waals surface area contributed by atoms with E-state index in [-0.39, 0.29) is 23.2 Å². The van der Waals surface area contributed by atoms with Crippen LogP contribution >= 0.6 is 11.6 Å². The van der Waals surface area contributed by atoms with Gasteiger partial charge >= 0.3 is 5.97 Å². The molecule has 0 N–H and O–H groups in total. The van der Waals surface area contributed by atoms with E-state index in [4.69, 9.17) is 11.6 Å². The highest BCUT2D eigenvalue weighted by Gasteiger charge is 2.24. The van der Waals surface area contributed by atoms with Crippen molar-refractivity contribution in [2.24, 2.45) is 0 Å². The van der Waals surface area contributed by atoms with Crippen LogP contribution in [0.2, 0.25) is 5.02 Å². The Hall–Kier alpha value is -2.31. The molecule has 0 radical (unpaired) electrons. The Kier molecular flexibility index (Phi) is 6.34. The summed E-state index contributed by atoms with van der Waals surface area (Å²) in [7, 11) is -2.48. The summed E-state index contributed by atoms with van der Waals surface area (Å²) in [6.07, 6.45) is 1.13. The number of fused-ring (bicyclic) bond motifs is 1. The fourth-order valence-corrected chi connectivity index (χ4v) is 5.14. The molecule has 0 bridgehead atoms. The molecule has 0 saturated heterocycles. The summed E-state index contributed by atoms with van der Waals surface area (Å²) in [6.45, 7) is 4.05. The van der Waals surface area contributed by atoms with Gasteiger partial charge in [-0.25, -0.2) is 12.4 Å². The molecular formula is C22H24ClNO4S. The van der Waals surface area contributed by atoms with Crippen LogP contribution in [-0.4, -0.2) is 25.5 Å². The summed E-state index contributed by atoms with van der Waals surface area (Å²) < 4.78 is 33.2. The predicted octanol–water partition coefficient (Wildman–Crippen LogP) is 5.15. The van der Waals surface area contributed by atoms with Crippen molar-refractivity contribution in [3.05, 3.63) is 64.8 Å². The van der Waals surface area contributed by atoms with E-state index in [1.807, 2.05) is 26.0 Å². The molecule has 5 nitrogen and oxygen atoms in total. The Labute approximate surface area is 176 Å². The Bertz CT molecular complexity index is 1150. The second-order valence-electron chi connectivity index (χ2n) is 7.27. The molecule has 0 aliphatic carbocycles. The van der Waals surface area contributed by atoms with Crippen molar-refractivity contribution in [2.75, 3.05) is 7.11 Å². The van der Waals surface area contributed by atoms with Crippen molar-refractivity contribution in [1.29, 1.82) is 0 Å². The Balaban J connectivity index is 2.11. The number of hydrogen-bond donors (Lipinski definition) is 0. The normalized spacial score (nSPS) is 11.9. The van der Waals surface area contributed by atoms with Gasteiger partial charge in [0.2, 0.25) is 0 Å². The summed E-state index contributed by atoms with van der Waals surface area (Å²) in [5.74, 6) is -0.104. The summed E-state index contributed by atoms with van der Waals surface area (Å²) in [5, 5.41) is 1.28. The fourth-order valence-electron chi connectivity index (χ4n) is 3.33. The number of halogens is 1. The first-order valence-electron chi connectivity index (χ1n) is 9.46. The lowest BCUT2D eigenvalue weighted by Gasteiger charge is -2.14. The third-order valence-corrected chi connectivity index (χ3v) is 6.89. The molecule has 0 amide bonds. The number of nitrogens with zero attached hydrogens (tertiary/aromatic N) is 1. The van der Waals surface area contributed by atoms with Gasteiger partial charge in [-0.1, -0.05) is 37.6 Å². The molecule has 0 aliphatic rings. The monoisotopic (exact) mass is 433 g/mol. The maximum atomic E-state index is 13.6. The van der Waals surface area contributed by atoms with Gasteiger partial charge in [-0.05, 0) is 60.7 Å². The van der Waals surface area contributed by atoms with Crippen molar-refractivity contribution in [3.63, 3.8) is 0 Å². The van der Waals surface area contributed by atoms with Gasteiger partial charge in [0.25, 0.3) is 10.0 Å². The molecule has 0 fully saturated rings. The number of benzene rings is 2. The highest BCUT2D eigenvalue weighted by molar-refractivity contribution is 7.90. The number of carbonyl (C=O) groups is 1. The Morgan fingerprint density at radius 2 is 1.90 bits per heavy atom. The summed E-state index contributed by atoms with van der Waals surface area (Å²) >= 11 is 6.11. The van der Waals surface area contributed by atoms with Crippen LogP contribution in [0.1, 0.15) is 43.9 Å². The first-order valence-corrected chi connectivity index (χ1v) is 11.3. The van der Waals surface area contributed by atoms with Crippen molar-refractivity contribution in [3.8, 4) is 0 Å². The highest BCUT2D eigenvalue weighted by Crippen LogP contribution is 2.30. The van der Waals surface area contributed by atoms with Gasteiger partial charge in [-0.2, -0.15) is 0 Å². The number of aromatic nitrogens is 1. The molecule has 29 heavy (non-hydrogen) atoms. The summed E-state index contributed by atoms with van der Waals surface area (Å²) in [6, 6.07) is 14.0. The molecule has 0 unspecified atom stereocenters. The second kappa shape index (κ2) is 8.59. The van der Waals surface area contributed by atoms with Crippen LogP contribution in [0, 0.1) is 0 Å². The maximum absolute atomic E-state index is 13.6. The number of methoxy groups -OCH3 is 1. The molecule has 7 heteroatoms. The topological polar surface area (TPSA) is 65.4 Å². The fraction of sp³-hybridized carbons (Fsp3) is 0.318. The lowest BCUT2D eigenvalue weighted by molar-refractivity contribution is -0.140. The molecular weight excluding hydrogens is 410 g/mol. The van der Waals surface area contributed by atoms with Crippen molar-refractivity contribution >= 4 is 38.5 Å². The highest BCUT2D eigenvalue weighted by atomic mass is 35.5. The van der Waals surface area contributed by atoms with Crippen LogP contribution in [0.5, 0.6) is 0 Å². The molecule has 0 aliphatic heterocycles. The van der Waals surface area contributed by atoms with E-state index in [1.54, 1.807) is 36.4 Å². The van der Waals surface area contributed by atoms with Gasteiger partial charge in [0.05, 0.1) is 17.5 Å². The second-order valence-corrected chi connectivity index (χ2v) is 9.49. The molecule has 3 rings (SSSR count). The molecule has 0 saturated carbocycles. The summed E-state index contributed by atoms with van der Waals surface area (Å²) in [5.41, 5.74) is 2.14. The average Bonchev–Trinajstić information content (AvgIpc) is 3.05. The third kappa shape index (κ3) is 4.49. The number of ether oxygens (including phenoxy) is 1. The standard InChI is InChI=1S/C22H24ClNO4S/c1-15(2)16-6-4-8-20(14-16)29(26,27)24-19(7-5-9-22(25)28-3)13-17-12-18(23)10-11-21(17)24/h4,6,8,10-15H,5,7,9H2,1-3H3. The first kappa shape index (κ1) is 21.4. The minimum Gasteiger partial charge on any atom is -0.469 e. The lowest BCUT2D eigenvalue weighted by atomic mass is 10.0. The van der Waals surface area contributed by atoms with E-state index in [0.29, 0.717) is 29.1 Å². The van der Waals surface area contributed by atoms with Gasteiger partial charge in [0, 0.05) is 22.5 Å². The molecule has 0 atom stereocenters. The van der Waals surface area contributed by atoms with Crippen LogP contribution in [0.15, 0.2) is 53.4 Å². The number of aryl methyl sites for hydroxylation is 1. The number of hydrogen-bond acceptors (Lipinski definition) is 4. The zero-order valence-electron chi connectivity index (χ0n) is 16.7. The van der Waals surface area contributed by atoms with Gasteiger partial charge in [-0.15, -0.1) is 0 Å². The Morgan fingerprint density at radius 1 is 1.14 bits per heavy atom. The van der Waals surface area contributed by atoms with Crippen LogP contribution < -0.4 is 0 Å². The Morgan fingerprint density at radius 3 is 2.59 bits per heavy atom. The quantitative estimate of drug-likeness (QED) is 0.483. The van der Waals surface area contributed by atoms with Crippen LogP contribution in [0.25, 0.3) is 10.9 Å². The van der Waals surface area contributed by atoms with Gasteiger partial charge in [0.1, 0.15) is 0 Å². The van der Waals surface area contributed by atoms with E-state index < -0.39 is 10.0 Å². The maximum Gasteiger partial charge on any atom is 0.305 e. The molecule has 1 heterocycles. The van der Waals surface area contributed by atoms with Gasteiger partial charge in [0.15, 0.2) is 0 Å². The zero-order chi connectivity index (χ0) is 21.2. The van der Waals surface area contributed by atoms with E-state index >= 15 is 0 Å². The van der Waals surface area contributed by atoms with Gasteiger partial charge < -0.3 is 4.74 Å². The van der Waals surface area contributed by atoms with E-state index in [1.165, 1.54) is 11.1 Å². The molecule has 1 aromatic heterocycles. The largest absolute Gasteiger partial charge is 0.469 e. The number of esters is 1. The number of rotatable bonds is 7. The summed E-state index contributed by atoms with van der Waals surface area (Å²) in [4.78, 5) is 11.7. The molecule has 2 aromatic carbocycles. The van der Waals surface area contributed by atoms with Gasteiger partial charge in [-0.3, -0.25) is 4.79 Å². The SMILES string of the molecule is COC(=O)CCCc1cc2cc(Cl)ccc2n1S(=O)(=O)c1cccc(C(C)C)c1. The molecule has 154 valence electrons. The van der Waals surface area contributed by atoms with E-state index in [0.717, 1.165) is 10.9 Å². The molecule has 3 aromatic rings.